The lowest BCUT2D eigenvalue weighted by molar-refractivity contribution is -0.191. The van der Waals surface area contributed by atoms with Gasteiger partial charge in [-0.15, -0.1) is 0 Å². The van der Waals surface area contributed by atoms with Crippen molar-refractivity contribution in [3.63, 3.8) is 0 Å². The van der Waals surface area contributed by atoms with Crippen molar-refractivity contribution < 1.29 is 45.4 Å². The van der Waals surface area contributed by atoms with Gasteiger partial charge in [-0.3, -0.25) is 9.59 Å². The van der Waals surface area contributed by atoms with Crippen LogP contribution < -0.4 is 15.4 Å². The van der Waals surface area contributed by atoms with Gasteiger partial charge in [0.2, 0.25) is 5.91 Å². The van der Waals surface area contributed by atoms with E-state index in [0.717, 1.165) is 6.07 Å². The van der Waals surface area contributed by atoms with Crippen molar-refractivity contribution in [2.75, 3.05) is 19.8 Å². The SMILES string of the molecule is O=C(NCCc1ccc(-c2cc(Cl)cc(Cl)c2OCC(F)F)cc1F)[C@@H]1CO[C@H]1NC(=O)C(F)(F)F. The van der Waals surface area contributed by atoms with Gasteiger partial charge in [-0.2, -0.15) is 13.2 Å². The Labute approximate surface area is 210 Å². The van der Waals surface area contributed by atoms with E-state index in [1.54, 1.807) is 5.32 Å². The summed E-state index contributed by atoms with van der Waals surface area (Å²) in [6, 6.07) is 6.70. The lowest BCUT2D eigenvalue weighted by Crippen LogP contribution is -2.59. The average Bonchev–Trinajstić information content (AvgIpc) is 2.75. The molecule has 36 heavy (non-hydrogen) atoms. The van der Waals surface area contributed by atoms with Crippen LogP contribution in [0.2, 0.25) is 10.0 Å². The Bertz CT molecular complexity index is 1130. The first-order valence-corrected chi connectivity index (χ1v) is 11.1. The van der Waals surface area contributed by atoms with Gasteiger partial charge < -0.3 is 20.1 Å². The number of benzene rings is 2. The molecule has 6 nitrogen and oxygen atoms in total. The second kappa shape index (κ2) is 11.6. The van der Waals surface area contributed by atoms with Crippen molar-refractivity contribution in [3.05, 3.63) is 51.8 Å². The maximum Gasteiger partial charge on any atom is 0.471 e. The molecule has 2 amide bonds. The Hall–Kier alpha value is -2.70. The number of alkyl halides is 5. The molecule has 0 saturated carbocycles. The number of hydrogen-bond donors (Lipinski definition) is 2. The summed E-state index contributed by atoms with van der Waals surface area (Å²) in [7, 11) is 0. The van der Waals surface area contributed by atoms with Crippen LogP contribution in [0.5, 0.6) is 5.75 Å². The molecule has 1 heterocycles. The number of carbonyl (C=O) groups is 2. The normalized spacial score (nSPS) is 17.5. The molecule has 0 unspecified atom stereocenters. The summed E-state index contributed by atoms with van der Waals surface area (Å²) < 4.78 is 86.9. The van der Waals surface area contributed by atoms with Crippen LogP contribution in [0.3, 0.4) is 0 Å². The van der Waals surface area contributed by atoms with Crippen LogP contribution in [0.1, 0.15) is 5.56 Å². The summed E-state index contributed by atoms with van der Waals surface area (Å²) in [6.07, 6.45) is -9.27. The van der Waals surface area contributed by atoms with E-state index in [2.05, 4.69) is 5.32 Å². The highest BCUT2D eigenvalue weighted by atomic mass is 35.5. The molecule has 3 rings (SSSR count). The molecule has 2 atom stereocenters. The molecular formula is C22H18Cl2F6N2O4. The third kappa shape index (κ3) is 6.95. The van der Waals surface area contributed by atoms with Crippen LogP contribution in [0, 0.1) is 11.7 Å². The molecule has 196 valence electrons. The molecule has 2 N–H and O–H groups in total. The summed E-state index contributed by atoms with van der Waals surface area (Å²) >= 11 is 12.1. The van der Waals surface area contributed by atoms with Crippen molar-refractivity contribution >= 4 is 35.0 Å². The molecule has 0 aliphatic carbocycles. The maximum atomic E-state index is 14.7. The fraction of sp³-hybridized carbons (Fsp3) is 0.364. The van der Waals surface area contributed by atoms with E-state index in [0.29, 0.717) is 0 Å². The Balaban J connectivity index is 1.62. The van der Waals surface area contributed by atoms with E-state index in [-0.39, 0.29) is 52.1 Å². The number of halogens is 8. The molecule has 0 bridgehead atoms. The number of rotatable bonds is 9. The smallest absolute Gasteiger partial charge is 0.471 e. The minimum Gasteiger partial charge on any atom is -0.485 e. The standard InChI is InChI=1S/C22H18Cl2F6N2O4/c23-12-6-13(18(15(24)7-12)35-9-17(26)27)11-2-1-10(16(25)5-11)3-4-31-19(33)14-8-36-20(14)32-21(34)22(28,29)30/h1-2,5-7,14,17,20H,3-4,8-9H2,(H,31,33)(H,32,34)/t14-,20+/m0/s1. The van der Waals surface area contributed by atoms with E-state index in [9.17, 15) is 35.9 Å². The van der Waals surface area contributed by atoms with Gasteiger partial charge in [0.05, 0.1) is 11.6 Å². The quantitative estimate of drug-likeness (QED) is 0.435. The first-order valence-electron chi connectivity index (χ1n) is 10.3. The predicted molar refractivity (Wildman–Crippen MR) is 117 cm³/mol. The Kier molecular flexibility index (Phi) is 8.96. The summed E-state index contributed by atoms with van der Waals surface area (Å²) in [5.41, 5.74) is 0.640. The van der Waals surface area contributed by atoms with Gasteiger partial charge >= 0.3 is 12.1 Å². The van der Waals surface area contributed by atoms with Crippen molar-refractivity contribution in [2.24, 2.45) is 5.92 Å². The first-order chi connectivity index (χ1) is 16.9. The molecule has 2 aromatic carbocycles. The van der Waals surface area contributed by atoms with Crippen molar-refractivity contribution in [1.82, 2.24) is 10.6 Å². The molecule has 2 aromatic rings. The van der Waals surface area contributed by atoms with Gasteiger partial charge in [0.1, 0.15) is 30.3 Å². The Morgan fingerprint density at radius 2 is 1.89 bits per heavy atom. The summed E-state index contributed by atoms with van der Waals surface area (Å²) in [4.78, 5) is 23.2. The molecule has 1 fully saturated rings. The highest BCUT2D eigenvalue weighted by molar-refractivity contribution is 6.36. The van der Waals surface area contributed by atoms with Gasteiger partial charge in [-0.1, -0.05) is 35.3 Å². The zero-order valence-corrected chi connectivity index (χ0v) is 19.6. The highest BCUT2D eigenvalue weighted by Gasteiger charge is 2.45. The van der Waals surface area contributed by atoms with Crippen molar-refractivity contribution in [1.29, 1.82) is 0 Å². The molecule has 1 aliphatic rings. The van der Waals surface area contributed by atoms with Crippen molar-refractivity contribution in [2.45, 2.75) is 25.3 Å². The number of ether oxygens (including phenoxy) is 2. The van der Waals surface area contributed by atoms with Crippen LogP contribution in [0.25, 0.3) is 11.1 Å². The number of carbonyl (C=O) groups excluding carboxylic acids is 2. The second-order valence-corrected chi connectivity index (χ2v) is 8.49. The summed E-state index contributed by atoms with van der Waals surface area (Å²) in [6.45, 7) is -1.17. The average molecular weight is 559 g/mol. The van der Waals surface area contributed by atoms with E-state index >= 15 is 0 Å². The number of hydrogen-bond acceptors (Lipinski definition) is 4. The molecule has 1 aliphatic heterocycles. The van der Waals surface area contributed by atoms with E-state index < -0.39 is 49.0 Å². The summed E-state index contributed by atoms with van der Waals surface area (Å²) in [5.74, 6) is -4.69. The molecule has 0 radical (unpaired) electrons. The summed E-state index contributed by atoms with van der Waals surface area (Å²) in [5, 5.41) is 4.18. The van der Waals surface area contributed by atoms with Crippen LogP contribution in [-0.4, -0.2) is 50.4 Å². The number of amides is 2. The zero-order valence-electron chi connectivity index (χ0n) is 18.1. The third-order valence-electron chi connectivity index (χ3n) is 5.11. The molecule has 0 spiro atoms. The van der Waals surface area contributed by atoms with Gasteiger partial charge in [0, 0.05) is 17.1 Å². The maximum absolute atomic E-state index is 14.7. The molecule has 0 aromatic heterocycles. The fourth-order valence-electron chi connectivity index (χ4n) is 3.29. The largest absolute Gasteiger partial charge is 0.485 e. The Morgan fingerprint density at radius 3 is 2.47 bits per heavy atom. The van der Waals surface area contributed by atoms with Gasteiger partial charge in [-0.05, 0) is 35.7 Å². The molecular weight excluding hydrogens is 541 g/mol. The topological polar surface area (TPSA) is 76.7 Å². The monoisotopic (exact) mass is 558 g/mol. The van der Waals surface area contributed by atoms with E-state index in [4.69, 9.17) is 32.7 Å². The fourth-order valence-corrected chi connectivity index (χ4v) is 3.84. The third-order valence-corrected chi connectivity index (χ3v) is 5.61. The lowest BCUT2D eigenvalue weighted by Gasteiger charge is -2.36. The zero-order chi connectivity index (χ0) is 26.6. The van der Waals surface area contributed by atoms with Crippen LogP contribution in [0.4, 0.5) is 26.3 Å². The van der Waals surface area contributed by atoms with Crippen molar-refractivity contribution in [3.8, 4) is 16.9 Å². The minimum atomic E-state index is -5.12. The first kappa shape index (κ1) is 27.9. The van der Waals surface area contributed by atoms with Crippen LogP contribution in [0.15, 0.2) is 30.3 Å². The predicted octanol–water partition coefficient (Wildman–Crippen LogP) is 4.75. The van der Waals surface area contributed by atoms with E-state index in [1.165, 1.54) is 24.3 Å². The molecule has 14 heteroatoms. The van der Waals surface area contributed by atoms with Crippen LogP contribution >= 0.6 is 23.2 Å². The van der Waals surface area contributed by atoms with Gasteiger partial charge in [0.25, 0.3) is 6.43 Å². The lowest BCUT2D eigenvalue weighted by atomic mass is 10.0. The van der Waals surface area contributed by atoms with Gasteiger partial charge in [-0.25, -0.2) is 13.2 Å². The van der Waals surface area contributed by atoms with E-state index in [1.807, 2.05) is 0 Å². The molecule has 1 saturated heterocycles. The minimum absolute atomic E-state index is 0.0239. The Morgan fingerprint density at radius 1 is 1.17 bits per heavy atom. The number of nitrogens with one attached hydrogen (secondary N) is 2. The van der Waals surface area contributed by atoms with Crippen LogP contribution in [-0.2, 0) is 20.7 Å². The van der Waals surface area contributed by atoms with Gasteiger partial charge in [0.15, 0.2) is 0 Å². The highest BCUT2D eigenvalue weighted by Crippen LogP contribution is 2.39. The second-order valence-electron chi connectivity index (χ2n) is 7.65.